The monoisotopic (exact) mass is 635 g/mol. The lowest BCUT2D eigenvalue weighted by Gasteiger charge is -2.11. The molecule has 2 heterocycles. The van der Waals surface area contributed by atoms with Gasteiger partial charge in [-0.3, -0.25) is 0 Å². The van der Waals surface area contributed by atoms with Gasteiger partial charge in [0.2, 0.25) is 0 Å². The molecule has 0 unspecified atom stereocenters. The molecule has 0 N–H and O–H groups in total. The van der Waals surface area contributed by atoms with Gasteiger partial charge in [0, 0.05) is 33.2 Å². The van der Waals surface area contributed by atoms with Crippen LogP contribution in [0.15, 0.2) is 182 Å². The quantitative estimate of drug-likeness (QED) is 0.183. The van der Waals surface area contributed by atoms with Gasteiger partial charge in [-0.2, -0.15) is 0 Å². The minimum Gasteiger partial charge on any atom is -0.309 e. The lowest BCUT2D eigenvalue weighted by molar-refractivity contribution is 1.07. The second-order valence-corrected chi connectivity index (χ2v) is 11.5. The molecule has 4 heteroatoms. The van der Waals surface area contributed by atoms with Gasteiger partial charge in [-0.15, -0.1) is 0 Å². The summed E-state index contributed by atoms with van der Waals surface area (Å²) in [6.45, 7) is 0. The first-order chi connectivity index (χ1) is 28.0. The van der Waals surface area contributed by atoms with E-state index >= 15 is 0 Å². The number of nitrogens with zero attached hydrogens (tertiary/aromatic N) is 4. The van der Waals surface area contributed by atoms with Crippen LogP contribution in [0.5, 0.6) is 0 Å². The van der Waals surface area contributed by atoms with Gasteiger partial charge in [0.15, 0.2) is 17.5 Å². The molecule has 9 aromatic rings. The molecule has 0 spiro atoms. The normalized spacial score (nSPS) is 13.8. The first-order valence-corrected chi connectivity index (χ1v) is 15.7. The standard InChI is InChI=1S/C45H30N4/c1-4-13-31(14-5-1)36-25-28-40-39-21-10-11-22-41(39)49(42(40)30-36)38-26-23-32(24-27-38)35-19-12-20-37(29-35)45-47-43(33-15-6-2-7-16-33)46-44(48-45)34-17-8-3-9-18-34/h1-30H/i1D,4D,5D,10D,11D,13D,14D,21D,22D. The zero-order chi connectivity index (χ0) is 40.4. The molecular formula is C45H30N4. The Balaban J connectivity index is 1.18. The predicted molar refractivity (Wildman–Crippen MR) is 201 cm³/mol. The van der Waals surface area contributed by atoms with Crippen LogP contribution < -0.4 is 0 Å². The van der Waals surface area contributed by atoms with Gasteiger partial charge in [0.25, 0.3) is 0 Å². The molecule has 0 aliphatic carbocycles. The van der Waals surface area contributed by atoms with Gasteiger partial charge in [0.1, 0.15) is 0 Å². The molecule has 7 aromatic carbocycles. The number of rotatable bonds is 6. The van der Waals surface area contributed by atoms with Crippen LogP contribution in [0.3, 0.4) is 0 Å². The highest BCUT2D eigenvalue weighted by molar-refractivity contribution is 6.10. The SMILES string of the molecule is [2H]c1c([2H])c([2H])c(-c2ccc3c4c([2H])c([2H])c([2H])c([2H])c4n(-c4ccc(-c5cccc(-c6nc(-c7ccccc7)nc(-c7ccccc7)n6)c5)cc4)c3c2)c([2H])c1[2H]. The second-order valence-electron chi connectivity index (χ2n) is 11.5. The second kappa shape index (κ2) is 12.2. The van der Waals surface area contributed by atoms with E-state index in [0.717, 1.165) is 27.8 Å². The van der Waals surface area contributed by atoms with Crippen LogP contribution in [0.25, 0.3) is 83.9 Å². The largest absolute Gasteiger partial charge is 0.309 e. The molecule has 0 atom stereocenters. The van der Waals surface area contributed by atoms with Gasteiger partial charge in [0.05, 0.1) is 23.4 Å². The number of aromatic nitrogens is 4. The van der Waals surface area contributed by atoms with E-state index < -0.39 is 18.1 Å². The fourth-order valence-electron chi connectivity index (χ4n) is 6.11. The Bertz CT molecular complexity index is 3010. The van der Waals surface area contributed by atoms with E-state index in [1.165, 1.54) is 0 Å². The topological polar surface area (TPSA) is 43.6 Å². The number of benzene rings is 7. The molecule has 0 fully saturated rings. The Hall–Kier alpha value is -6.65. The summed E-state index contributed by atoms with van der Waals surface area (Å²) in [6.07, 6.45) is 0. The van der Waals surface area contributed by atoms with Crippen molar-refractivity contribution in [1.82, 2.24) is 19.5 Å². The van der Waals surface area contributed by atoms with Crippen molar-refractivity contribution >= 4 is 21.8 Å². The number of hydrogen-bond acceptors (Lipinski definition) is 3. The maximum atomic E-state index is 8.98. The average Bonchev–Trinajstić information content (AvgIpc) is 3.61. The van der Waals surface area contributed by atoms with Crippen LogP contribution in [-0.4, -0.2) is 19.5 Å². The van der Waals surface area contributed by atoms with Crippen LogP contribution in [-0.2, 0) is 0 Å². The third kappa shape index (κ3) is 5.35. The van der Waals surface area contributed by atoms with Gasteiger partial charge in [-0.1, -0.05) is 151 Å². The summed E-state index contributed by atoms with van der Waals surface area (Å²) in [6, 6.07) is 36.7. The van der Waals surface area contributed by atoms with Gasteiger partial charge >= 0.3 is 0 Å². The van der Waals surface area contributed by atoms with Crippen LogP contribution in [0.4, 0.5) is 0 Å². The van der Waals surface area contributed by atoms with Crippen molar-refractivity contribution in [3.05, 3.63) is 182 Å². The van der Waals surface area contributed by atoms with Gasteiger partial charge < -0.3 is 4.57 Å². The molecule has 0 aliphatic rings. The molecule has 0 bridgehead atoms. The van der Waals surface area contributed by atoms with Crippen LogP contribution in [0.2, 0.25) is 0 Å². The van der Waals surface area contributed by atoms with Crippen molar-refractivity contribution in [2.45, 2.75) is 0 Å². The highest BCUT2D eigenvalue weighted by Crippen LogP contribution is 2.36. The van der Waals surface area contributed by atoms with E-state index in [0.29, 0.717) is 45.0 Å². The lowest BCUT2D eigenvalue weighted by Crippen LogP contribution is -2.00. The minimum atomic E-state index is -0.495. The molecule has 0 radical (unpaired) electrons. The van der Waals surface area contributed by atoms with Crippen molar-refractivity contribution in [1.29, 1.82) is 0 Å². The Kier molecular flexibility index (Phi) is 5.11. The van der Waals surface area contributed by atoms with E-state index in [4.69, 9.17) is 27.3 Å². The Morgan fingerprint density at radius 2 is 0.918 bits per heavy atom. The van der Waals surface area contributed by atoms with Crippen molar-refractivity contribution in [3.8, 4) is 62.1 Å². The fourth-order valence-corrected chi connectivity index (χ4v) is 6.11. The molecule has 4 nitrogen and oxygen atoms in total. The molecular weight excluding hydrogens is 597 g/mol. The van der Waals surface area contributed by atoms with Crippen molar-refractivity contribution in [2.75, 3.05) is 0 Å². The third-order valence-electron chi connectivity index (χ3n) is 8.47. The zero-order valence-electron chi connectivity index (χ0n) is 34.9. The van der Waals surface area contributed by atoms with Crippen molar-refractivity contribution < 1.29 is 12.3 Å². The van der Waals surface area contributed by atoms with Crippen LogP contribution in [0, 0.1) is 0 Å². The zero-order valence-corrected chi connectivity index (χ0v) is 25.9. The Morgan fingerprint density at radius 3 is 1.61 bits per heavy atom. The predicted octanol–water partition coefficient (Wildman–Crippen LogP) is 11.3. The summed E-state index contributed by atoms with van der Waals surface area (Å²) in [5.41, 5.74) is 5.99. The smallest absolute Gasteiger partial charge is 0.164 e. The summed E-state index contributed by atoms with van der Waals surface area (Å²) < 4.78 is 78.3. The molecule has 0 saturated carbocycles. The van der Waals surface area contributed by atoms with Gasteiger partial charge in [-0.25, -0.2) is 15.0 Å². The first-order valence-electron chi connectivity index (χ1n) is 20.2. The van der Waals surface area contributed by atoms with E-state index in [-0.39, 0.29) is 47.3 Å². The summed E-state index contributed by atoms with van der Waals surface area (Å²) in [7, 11) is 0. The molecule has 0 aliphatic heterocycles. The van der Waals surface area contributed by atoms with E-state index in [1.807, 2.05) is 109 Å². The molecule has 9 rings (SSSR count). The molecule has 0 saturated heterocycles. The number of para-hydroxylation sites is 1. The summed E-state index contributed by atoms with van der Waals surface area (Å²) in [5.74, 6) is 1.62. The summed E-state index contributed by atoms with van der Waals surface area (Å²) in [4.78, 5) is 14.6. The Labute approximate surface area is 297 Å². The highest BCUT2D eigenvalue weighted by Gasteiger charge is 2.15. The van der Waals surface area contributed by atoms with Crippen molar-refractivity contribution in [3.63, 3.8) is 0 Å². The first kappa shape index (κ1) is 20.6. The molecule has 49 heavy (non-hydrogen) atoms. The number of fused-ring (bicyclic) bond motifs is 3. The maximum absolute atomic E-state index is 8.98. The fraction of sp³-hybridized carbons (Fsp3) is 0. The van der Waals surface area contributed by atoms with Crippen LogP contribution in [0.1, 0.15) is 12.3 Å². The van der Waals surface area contributed by atoms with Gasteiger partial charge in [-0.05, 0) is 52.6 Å². The molecule has 230 valence electrons. The lowest BCUT2D eigenvalue weighted by atomic mass is 10.0. The Morgan fingerprint density at radius 1 is 0.367 bits per heavy atom. The summed E-state index contributed by atoms with van der Waals surface area (Å²) in [5, 5.41) is 0.837. The maximum Gasteiger partial charge on any atom is 0.164 e. The third-order valence-corrected chi connectivity index (χ3v) is 8.47. The molecule has 0 amide bonds. The number of hydrogen-bond donors (Lipinski definition) is 0. The minimum absolute atomic E-state index is 0.0180. The molecule has 2 aromatic heterocycles. The average molecular weight is 636 g/mol. The van der Waals surface area contributed by atoms with E-state index in [9.17, 15) is 0 Å². The van der Waals surface area contributed by atoms with E-state index in [2.05, 4.69) is 0 Å². The highest BCUT2D eigenvalue weighted by atomic mass is 15.0. The summed E-state index contributed by atoms with van der Waals surface area (Å²) >= 11 is 0. The van der Waals surface area contributed by atoms with Crippen molar-refractivity contribution in [2.24, 2.45) is 0 Å². The van der Waals surface area contributed by atoms with Crippen LogP contribution >= 0.6 is 0 Å². The van der Waals surface area contributed by atoms with E-state index in [1.54, 1.807) is 22.8 Å².